The van der Waals surface area contributed by atoms with E-state index in [-0.39, 0.29) is 18.1 Å². The van der Waals surface area contributed by atoms with Crippen LogP contribution in [0.3, 0.4) is 0 Å². The van der Waals surface area contributed by atoms with Crippen molar-refractivity contribution >= 4 is 39.5 Å². The van der Waals surface area contributed by atoms with Crippen molar-refractivity contribution in [2.45, 2.75) is 44.2 Å². The number of aromatic nitrogens is 1. The summed E-state index contributed by atoms with van der Waals surface area (Å²) in [5, 5.41) is 15.8. The van der Waals surface area contributed by atoms with Crippen molar-refractivity contribution in [2.24, 2.45) is 4.99 Å². The summed E-state index contributed by atoms with van der Waals surface area (Å²) in [4.78, 5) is 21.0. The minimum absolute atomic E-state index is 0.0493. The molecule has 2 aliphatic rings. The predicted octanol–water partition coefficient (Wildman–Crippen LogP) is 2.41. The maximum atomic E-state index is 12.2. The number of nitrogens with one attached hydrogen (secondary N) is 2. The lowest BCUT2D eigenvalue weighted by molar-refractivity contribution is -0.115. The molecule has 6 nitrogen and oxygen atoms in total. The molecule has 0 unspecified atom stereocenters. The summed E-state index contributed by atoms with van der Waals surface area (Å²) in [6.07, 6.45) is 6.06. The number of hydrogen-bond donors (Lipinski definition) is 3. The first kappa shape index (κ1) is 16.2. The van der Waals surface area contributed by atoms with E-state index in [1.165, 1.54) is 0 Å². The van der Waals surface area contributed by atoms with Gasteiger partial charge in [-0.15, -0.1) is 11.3 Å². The van der Waals surface area contributed by atoms with E-state index in [0.717, 1.165) is 41.5 Å². The maximum absolute atomic E-state index is 12.2. The monoisotopic (exact) mass is 356 g/mol. The smallest absolute Gasteiger partial charge is 0.274 e. The second-order valence-corrected chi connectivity index (χ2v) is 7.41. The Labute approximate surface area is 149 Å². The Hall–Kier alpha value is -2.25. The van der Waals surface area contributed by atoms with Gasteiger partial charge in [-0.25, -0.2) is 9.98 Å². The number of aliphatic hydroxyl groups is 1. The summed E-state index contributed by atoms with van der Waals surface area (Å²) in [6, 6.07) is 5.97. The van der Waals surface area contributed by atoms with Crippen LogP contribution in [0.15, 0.2) is 34.4 Å². The zero-order valence-corrected chi connectivity index (χ0v) is 14.6. The molecule has 4 rings (SSSR count). The Bertz CT molecular complexity index is 858. The first-order valence-electron chi connectivity index (χ1n) is 8.56. The Morgan fingerprint density at radius 3 is 3.08 bits per heavy atom. The molecule has 2 atom stereocenters. The van der Waals surface area contributed by atoms with Crippen molar-refractivity contribution in [1.29, 1.82) is 0 Å². The van der Waals surface area contributed by atoms with Gasteiger partial charge in [-0.2, -0.15) is 0 Å². The standard InChI is InChI=1S/C18H20N4O2S/c23-13-4-2-1-3-12(9-13)20-18-21-15(17(24)22-18)7-11-5-6-14-16(8-11)25-10-19-14/h5-8,10,12-13,23H,1-4,9H2,(H2,20,21,22,24)/b15-7-/t12-,13+/m1/s1. The normalized spacial score (nSPS) is 27.5. The zero-order valence-electron chi connectivity index (χ0n) is 13.7. The molecule has 1 aliphatic heterocycles. The largest absolute Gasteiger partial charge is 0.393 e. The highest BCUT2D eigenvalue weighted by Gasteiger charge is 2.24. The number of fused-ring (bicyclic) bond motifs is 1. The van der Waals surface area contributed by atoms with Crippen molar-refractivity contribution in [3.8, 4) is 0 Å². The molecule has 2 heterocycles. The third-order valence-electron chi connectivity index (χ3n) is 4.58. The van der Waals surface area contributed by atoms with E-state index in [4.69, 9.17) is 0 Å². The van der Waals surface area contributed by atoms with E-state index in [1.54, 1.807) is 11.3 Å². The second kappa shape index (κ2) is 6.93. The summed E-state index contributed by atoms with van der Waals surface area (Å²) in [5.41, 5.74) is 4.20. The number of rotatable bonds is 2. The highest BCUT2D eigenvalue weighted by atomic mass is 32.1. The molecule has 3 N–H and O–H groups in total. The van der Waals surface area contributed by atoms with Crippen molar-refractivity contribution < 1.29 is 9.90 Å². The fourth-order valence-corrected chi connectivity index (χ4v) is 4.02. The van der Waals surface area contributed by atoms with Gasteiger partial charge in [-0.1, -0.05) is 18.9 Å². The Morgan fingerprint density at radius 1 is 1.28 bits per heavy atom. The van der Waals surface area contributed by atoms with Crippen molar-refractivity contribution in [3.63, 3.8) is 0 Å². The molecule has 1 saturated carbocycles. The van der Waals surface area contributed by atoms with Crippen LogP contribution in [0.1, 0.15) is 37.7 Å². The van der Waals surface area contributed by atoms with E-state index in [2.05, 4.69) is 20.6 Å². The molecule has 7 heteroatoms. The van der Waals surface area contributed by atoms with E-state index >= 15 is 0 Å². The average Bonchev–Trinajstić information content (AvgIpc) is 3.11. The van der Waals surface area contributed by atoms with Crippen LogP contribution in [-0.2, 0) is 4.79 Å². The van der Waals surface area contributed by atoms with Gasteiger partial charge in [0.25, 0.3) is 5.91 Å². The quantitative estimate of drug-likeness (QED) is 0.570. The highest BCUT2D eigenvalue weighted by molar-refractivity contribution is 7.16. The Kier molecular flexibility index (Phi) is 4.50. The second-order valence-electron chi connectivity index (χ2n) is 6.52. The van der Waals surface area contributed by atoms with Crippen molar-refractivity contribution in [3.05, 3.63) is 35.0 Å². The lowest BCUT2D eigenvalue weighted by Gasteiger charge is -2.12. The van der Waals surface area contributed by atoms with Gasteiger partial charge in [-0.05, 0) is 43.0 Å². The maximum Gasteiger partial charge on any atom is 0.274 e. The molecule has 0 bridgehead atoms. The number of nitrogens with zero attached hydrogens (tertiary/aromatic N) is 2. The van der Waals surface area contributed by atoms with E-state index in [1.807, 2.05) is 29.8 Å². The van der Waals surface area contributed by atoms with Crippen molar-refractivity contribution in [1.82, 2.24) is 15.6 Å². The molecule has 1 amide bonds. The molecule has 2 fully saturated rings. The van der Waals surface area contributed by atoms with Crippen LogP contribution in [0.25, 0.3) is 16.3 Å². The minimum Gasteiger partial charge on any atom is -0.393 e. The summed E-state index contributed by atoms with van der Waals surface area (Å²) < 4.78 is 1.09. The van der Waals surface area contributed by atoms with Crippen LogP contribution >= 0.6 is 11.3 Å². The van der Waals surface area contributed by atoms with Crippen LogP contribution in [0, 0.1) is 0 Å². The number of thiazole rings is 1. The third-order valence-corrected chi connectivity index (χ3v) is 5.37. The topological polar surface area (TPSA) is 86.6 Å². The molecular weight excluding hydrogens is 336 g/mol. The van der Waals surface area contributed by atoms with Gasteiger partial charge in [0.1, 0.15) is 5.70 Å². The summed E-state index contributed by atoms with van der Waals surface area (Å²) in [6.45, 7) is 0. The molecule has 0 radical (unpaired) electrons. The van der Waals surface area contributed by atoms with Gasteiger partial charge < -0.3 is 10.4 Å². The van der Waals surface area contributed by atoms with E-state index in [0.29, 0.717) is 18.1 Å². The molecule has 25 heavy (non-hydrogen) atoms. The molecule has 1 aromatic heterocycles. The fraction of sp³-hybridized carbons (Fsp3) is 0.389. The van der Waals surface area contributed by atoms with Crippen LogP contribution in [-0.4, -0.2) is 34.1 Å². The summed E-state index contributed by atoms with van der Waals surface area (Å²) in [7, 11) is 0. The van der Waals surface area contributed by atoms with E-state index < -0.39 is 0 Å². The molecule has 1 aromatic carbocycles. The molecule has 0 spiro atoms. The van der Waals surface area contributed by atoms with Crippen molar-refractivity contribution in [2.75, 3.05) is 0 Å². The first-order chi connectivity index (χ1) is 12.2. The molecular formula is C18H20N4O2S. The number of aliphatic imine (C=N–C) groups is 1. The van der Waals surface area contributed by atoms with Crippen LogP contribution in [0.2, 0.25) is 0 Å². The van der Waals surface area contributed by atoms with Gasteiger partial charge in [-0.3, -0.25) is 10.1 Å². The van der Waals surface area contributed by atoms with E-state index in [9.17, 15) is 9.90 Å². The summed E-state index contributed by atoms with van der Waals surface area (Å²) >= 11 is 1.58. The predicted molar refractivity (Wildman–Crippen MR) is 99.2 cm³/mol. The average molecular weight is 356 g/mol. The Morgan fingerprint density at radius 2 is 2.16 bits per heavy atom. The number of carbonyl (C=O) groups excluding carboxylic acids is 1. The molecule has 1 saturated heterocycles. The lowest BCUT2D eigenvalue weighted by Crippen LogP contribution is -2.28. The number of amides is 1. The summed E-state index contributed by atoms with van der Waals surface area (Å²) in [5.74, 6) is 0.298. The third kappa shape index (κ3) is 3.72. The molecule has 1 aliphatic carbocycles. The lowest BCUT2D eigenvalue weighted by atomic mass is 10.1. The number of guanidine groups is 1. The molecule has 2 aromatic rings. The van der Waals surface area contributed by atoms with Crippen LogP contribution < -0.4 is 10.6 Å². The number of aliphatic hydroxyl groups excluding tert-OH is 1. The van der Waals surface area contributed by atoms with Crippen LogP contribution in [0.4, 0.5) is 0 Å². The first-order valence-corrected chi connectivity index (χ1v) is 9.44. The number of benzene rings is 1. The van der Waals surface area contributed by atoms with Gasteiger partial charge >= 0.3 is 0 Å². The SMILES string of the molecule is O=C1NC(=N[C@@H]2CCCC[C@H](O)C2)N/C1=C\c1ccc2ncsc2c1. The fourth-order valence-electron chi connectivity index (χ4n) is 3.29. The molecule has 130 valence electrons. The van der Waals surface area contributed by atoms with Crippen LogP contribution in [0.5, 0.6) is 0 Å². The van der Waals surface area contributed by atoms with Gasteiger partial charge in [0.2, 0.25) is 5.96 Å². The Balaban J connectivity index is 1.52. The van der Waals surface area contributed by atoms with Gasteiger partial charge in [0.15, 0.2) is 0 Å². The highest BCUT2D eigenvalue weighted by Crippen LogP contribution is 2.22. The zero-order chi connectivity index (χ0) is 17.2. The number of hydrogen-bond acceptors (Lipinski definition) is 5. The minimum atomic E-state index is -0.296. The number of carbonyl (C=O) groups is 1. The van der Waals surface area contributed by atoms with Gasteiger partial charge in [0.05, 0.1) is 27.9 Å². The van der Waals surface area contributed by atoms with Gasteiger partial charge in [0, 0.05) is 0 Å².